The monoisotopic (exact) mass is 221 g/mol. The Morgan fingerprint density at radius 1 is 1.38 bits per heavy atom. The Balaban J connectivity index is 2.05. The van der Waals surface area contributed by atoms with Gasteiger partial charge in [0.15, 0.2) is 5.82 Å². The van der Waals surface area contributed by atoms with Crippen molar-refractivity contribution in [1.82, 2.24) is 10.2 Å². The lowest BCUT2D eigenvalue weighted by Crippen LogP contribution is -2.14. The van der Waals surface area contributed by atoms with Crippen LogP contribution in [0.3, 0.4) is 0 Å². The molecule has 2 rings (SSSR count). The van der Waals surface area contributed by atoms with E-state index in [0.29, 0.717) is 0 Å². The largest absolute Gasteiger partial charge is 0.368 e. The van der Waals surface area contributed by atoms with Gasteiger partial charge in [0.05, 0.1) is 0 Å². The number of rotatable bonds is 5. The molecule has 1 aromatic heterocycles. The van der Waals surface area contributed by atoms with Crippen molar-refractivity contribution in [3.05, 3.63) is 11.3 Å². The minimum absolute atomic E-state index is 0.872. The predicted molar refractivity (Wildman–Crippen MR) is 67.8 cm³/mol. The first kappa shape index (κ1) is 11.5. The first-order chi connectivity index (χ1) is 7.85. The van der Waals surface area contributed by atoms with E-state index in [-0.39, 0.29) is 0 Å². The van der Waals surface area contributed by atoms with Crippen LogP contribution >= 0.6 is 0 Å². The number of nitrogens with zero attached hydrogens (tertiary/aromatic N) is 1. The zero-order chi connectivity index (χ0) is 11.4. The van der Waals surface area contributed by atoms with Gasteiger partial charge in [0, 0.05) is 17.8 Å². The molecule has 0 aliphatic heterocycles. The smallest absolute Gasteiger partial charge is 0.151 e. The summed E-state index contributed by atoms with van der Waals surface area (Å²) in [6.07, 6.45) is 7.54. The molecule has 0 bridgehead atoms. The summed E-state index contributed by atoms with van der Waals surface area (Å²) in [7, 11) is 0. The summed E-state index contributed by atoms with van der Waals surface area (Å²) >= 11 is 0. The molecule has 3 nitrogen and oxygen atoms in total. The van der Waals surface area contributed by atoms with Crippen LogP contribution in [0.1, 0.15) is 50.8 Å². The fourth-order valence-electron chi connectivity index (χ4n) is 2.61. The number of hydrogen-bond acceptors (Lipinski definition) is 2. The highest BCUT2D eigenvalue weighted by atomic mass is 15.2. The van der Waals surface area contributed by atoms with Gasteiger partial charge >= 0.3 is 0 Å². The van der Waals surface area contributed by atoms with Crippen molar-refractivity contribution in [2.75, 3.05) is 11.9 Å². The first-order valence-electron chi connectivity index (χ1n) is 6.65. The number of anilines is 1. The van der Waals surface area contributed by atoms with Crippen molar-refractivity contribution >= 4 is 5.82 Å². The molecule has 1 aromatic rings. The van der Waals surface area contributed by atoms with Crippen LogP contribution in [-0.4, -0.2) is 16.7 Å². The van der Waals surface area contributed by atoms with E-state index >= 15 is 0 Å². The zero-order valence-electron chi connectivity index (χ0n) is 10.5. The summed E-state index contributed by atoms with van der Waals surface area (Å²) in [6, 6.07) is 0. The molecule has 0 saturated heterocycles. The molecule has 90 valence electrons. The van der Waals surface area contributed by atoms with Crippen LogP contribution in [-0.2, 0) is 12.8 Å². The highest BCUT2D eigenvalue weighted by molar-refractivity contribution is 5.47. The molecule has 0 amide bonds. The maximum atomic E-state index is 4.39. The first-order valence-corrected chi connectivity index (χ1v) is 6.65. The lowest BCUT2D eigenvalue weighted by Gasteiger charge is -2.21. The molecule has 1 unspecified atom stereocenters. The van der Waals surface area contributed by atoms with E-state index in [1.807, 2.05) is 0 Å². The molecule has 0 aromatic carbocycles. The van der Waals surface area contributed by atoms with Crippen molar-refractivity contribution < 1.29 is 0 Å². The second-order valence-electron chi connectivity index (χ2n) is 4.85. The van der Waals surface area contributed by atoms with Crippen LogP contribution in [0.25, 0.3) is 0 Å². The second kappa shape index (κ2) is 5.37. The van der Waals surface area contributed by atoms with Crippen LogP contribution in [0.2, 0.25) is 0 Å². The molecule has 0 radical (unpaired) electrons. The molecule has 1 atom stereocenters. The number of aromatic nitrogens is 2. The van der Waals surface area contributed by atoms with Gasteiger partial charge in [-0.3, -0.25) is 5.10 Å². The van der Waals surface area contributed by atoms with Gasteiger partial charge in [0.1, 0.15) is 0 Å². The minimum Gasteiger partial charge on any atom is -0.368 e. The van der Waals surface area contributed by atoms with Gasteiger partial charge < -0.3 is 5.32 Å². The second-order valence-corrected chi connectivity index (χ2v) is 4.85. The third-order valence-corrected chi connectivity index (χ3v) is 3.49. The van der Waals surface area contributed by atoms with E-state index in [1.54, 1.807) is 0 Å². The summed E-state index contributed by atoms with van der Waals surface area (Å²) < 4.78 is 0. The van der Waals surface area contributed by atoms with Gasteiger partial charge in [-0.2, -0.15) is 5.10 Å². The third-order valence-electron chi connectivity index (χ3n) is 3.49. The molecular formula is C13H23N3. The Labute approximate surface area is 98.0 Å². The van der Waals surface area contributed by atoms with Crippen LogP contribution in [0.5, 0.6) is 0 Å². The lowest BCUT2D eigenvalue weighted by molar-refractivity contribution is 0.421. The van der Waals surface area contributed by atoms with Crippen molar-refractivity contribution in [3.63, 3.8) is 0 Å². The Morgan fingerprint density at radius 2 is 2.25 bits per heavy atom. The molecule has 1 aliphatic carbocycles. The fourth-order valence-corrected chi connectivity index (χ4v) is 2.61. The highest BCUT2D eigenvalue weighted by Crippen LogP contribution is 2.31. The van der Waals surface area contributed by atoms with Crippen LogP contribution in [0.15, 0.2) is 0 Å². The molecule has 1 heterocycles. The van der Waals surface area contributed by atoms with Crippen LogP contribution in [0.4, 0.5) is 5.82 Å². The normalized spacial score (nSPS) is 19.5. The minimum atomic E-state index is 0.872. The van der Waals surface area contributed by atoms with Crippen molar-refractivity contribution in [1.29, 1.82) is 0 Å². The molecule has 0 fully saturated rings. The van der Waals surface area contributed by atoms with E-state index < -0.39 is 0 Å². The summed E-state index contributed by atoms with van der Waals surface area (Å²) in [5.41, 5.74) is 2.82. The number of H-pyrrole nitrogens is 1. The maximum Gasteiger partial charge on any atom is 0.151 e. The van der Waals surface area contributed by atoms with Gasteiger partial charge in [-0.15, -0.1) is 0 Å². The Hall–Kier alpha value is -0.990. The number of aryl methyl sites for hydroxylation is 1. The topological polar surface area (TPSA) is 40.7 Å². The van der Waals surface area contributed by atoms with Crippen molar-refractivity contribution in [2.45, 2.75) is 52.4 Å². The van der Waals surface area contributed by atoms with Gasteiger partial charge in [0.25, 0.3) is 0 Å². The Bertz CT molecular complexity index is 330. The molecule has 0 saturated carbocycles. The maximum absolute atomic E-state index is 4.39. The number of hydrogen-bond donors (Lipinski definition) is 2. The number of aromatic amines is 1. The van der Waals surface area contributed by atoms with Gasteiger partial charge in [-0.05, 0) is 31.6 Å². The molecule has 0 spiro atoms. The highest BCUT2D eigenvalue weighted by Gasteiger charge is 2.22. The van der Waals surface area contributed by atoms with Crippen molar-refractivity contribution in [2.24, 2.45) is 5.92 Å². The summed E-state index contributed by atoms with van der Waals surface area (Å²) in [5, 5.41) is 11.0. The van der Waals surface area contributed by atoms with E-state index in [1.165, 1.54) is 43.4 Å². The van der Waals surface area contributed by atoms with E-state index in [9.17, 15) is 0 Å². The lowest BCUT2D eigenvalue weighted by atomic mass is 9.84. The third kappa shape index (κ3) is 2.39. The van der Waals surface area contributed by atoms with E-state index in [0.717, 1.165) is 24.7 Å². The fraction of sp³-hybridized carbons (Fsp3) is 0.769. The zero-order valence-corrected chi connectivity index (χ0v) is 10.5. The summed E-state index contributed by atoms with van der Waals surface area (Å²) in [6.45, 7) is 5.49. The van der Waals surface area contributed by atoms with Gasteiger partial charge in [-0.1, -0.05) is 26.7 Å². The van der Waals surface area contributed by atoms with Gasteiger partial charge in [-0.25, -0.2) is 0 Å². The molecular weight excluding hydrogens is 198 g/mol. The van der Waals surface area contributed by atoms with E-state index in [4.69, 9.17) is 0 Å². The quantitative estimate of drug-likeness (QED) is 0.802. The van der Waals surface area contributed by atoms with Crippen molar-refractivity contribution in [3.8, 4) is 0 Å². The predicted octanol–water partition coefficient (Wildman–Crippen LogP) is 3.14. The molecule has 16 heavy (non-hydrogen) atoms. The summed E-state index contributed by atoms with van der Waals surface area (Å²) in [5.74, 6) is 1.98. The SMILES string of the molecule is CCCNc1n[nH]c2c1CC(CCC)CC2. The molecule has 2 N–H and O–H groups in total. The van der Waals surface area contributed by atoms with Gasteiger partial charge in [0.2, 0.25) is 0 Å². The Kier molecular flexibility index (Phi) is 3.86. The van der Waals surface area contributed by atoms with E-state index in [2.05, 4.69) is 29.4 Å². The molecule has 1 aliphatic rings. The summed E-state index contributed by atoms with van der Waals surface area (Å²) in [4.78, 5) is 0. The number of fused-ring (bicyclic) bond motifs is 1. The average Bonchev–Trinajstić information content (AvgIpc) is 2.69. The Morgan fingerprint density at radius 3 is 3.00 bits per heavy atom. The average molecular weight is 221 g/mol. The van der Waals surface area contributed by atoms with Crippen LogP contribution < -0.4 is 5.32 Å². The standard InChI is InChI=1S/C13H23N3/c1-3-5-10-6-7-12-11(9-10)13(16-15-12)14-8-4-2/h10H,3-9H2,1-2H3,(H2,14,15,16). The van der Waals surface area contributed by atoms with Crippen LogP contribution in [0, 0.1) is 5.92 Å². The number of nitrogens with one attached hydrogen (secondary N) is 2. The molecule has 3 heteroatoms.